The fourth-order valence-electron chi connectivity index (χ4n) is 1.69. The first-order valence-electron chi connectivity index (χ1n) is 5.86. The molecule has 1 aromatic carbocycles. The number of nitrogens with zero attached hydrogens (tertiary/aromatic N) is 3. The van der Waals surface area contributed by atoms with Gasteiger partial charge in [0.1, 0.15) is 5.51 Å². The fourth-order valence-corrected chi connectivity index (χ4v) is 2.83. The van der Waals surface area contributed by atoms with Crippen molar-refractivity contribution in [1.82, 2.24) is 20.2 Å². The van der Waals surface area contributed by atoms with Gasteiger partial charge in [-0.2, -0.15) is 0 Å². The number of H-pyrrole nitrogens is 1. The van der Waals surface area contributed by atoms with Crippen LogP contribution in [-0.2, 0) is 4.79 Å². The Morgan fingerprint density at radius 3 is 3.20 bits per heavy atom. The van der Waals surface area contributed by atoms with Crippen LogP contribution in [0.4, 0.5) is 5.13 Å². The third kappa shape index (κ3) is 2.97. The van der Waals surface area contributed by atoms with Gasteiger partial charge in [0.05, 0.1) is 16.8 Å². The van der Waals surface area contributed by atoms with Crippen LogP contribution in [0.25, 0.3) is 11.0 Å². The van der Waals surface area contributed by atoms with E-state index < -0.39 is 0 Å². The summed E-state index contributed by atoms with van der Waals surface area (Å²) in [4.78, 5) is 19.3. The topological polar surface area (TPSA) is 83.6 Å². The summed E-state index contributed by atoms with van der Waals surface area (Å²) in [6, 6.07) is 6.01. The van der Waals surface area contributed by atoms with Crippen LogP contribution < -0.4 is 5.32 Å². The minimum atomic E-state index is -0.122. The molecule has 0 saturated heterocycles. The van der Waals surface area contributed by atoms with Gasteiger partial charge in [0.15, 0.2) is 5.16 Å². The molecule has 1 amide bonds. The number of fused-ring (bicyclic) bond motifs is 1. The first-order chi connectivity index (χ1) is 9.70. The van der Waals surface area contributed by atoms with Crippen LogP contribution in [0.15, 0.2) is 28.9 Å². The third-order valence-corrected chi connectivity index (χ3v) is 4.04. The van der Waals surface area contributed by atoms with Crippen molar-refractivity contribution in [3.63, 3.8) is 0 Å². The Morgan fingerprint density at radius 1 is 1.50 bits per heavy atom. The van der Waals surface area contributed by atoms with Gasteiger partial charge in [-0.1, -0.05) is 29.2 Å². The number of anilines is 1. The summed E-state index contributed by atoms with van der Waals surface area (Å²) in [7, 11) is 0. The summed E-state index contributed by atoms with van der Waals surface area (Å²) in [6.45, 7) is 2.03. The number of hydrogen-bond donors (Lipinski definition) is 2. The summed E-state index contributed by atoms with van der Waals surface area (Å²) >= 11 is 2.65. The average Bonchev–Trinajstić information content (AvgIpc) is 3.04. The van der Waals surface area contributed by atoms with Crippen molar-refractivity contribution in [3.8, 4) is 0 Å². The summed E-state index contributed by atoms with van der Waals surface area (Å²) < 4.78 is 0. The zero-order valence-corrected chi connectivity index (χ0v) is 12.2. The molecule has 0 unspecified atom stereocenters. The average molecular weight is 305 g/mol. The molecule has 2 N–H and O–H groups in total. The van der Waals surface area contributed by atoms with Crippen LogP contribution in [0, 0.1) is 6.92 Å². The molecule has 0 aliphatic rings. The molecular weight excluding hydrogens is 294 g/mol. The number of carbonyl (C=O) groups is 1. The van der Waals surface area contributed by atoms with Crippen molar-refractivity contribution in [1.29, 1.82) is 0 Å². The standard InChI is InChI=1S/C12H11N5OS2/c1-7-2-3-8-9(4-7)15-11(14-8)19-5-10(18)16-12-17-13-6-20-12/h2-4,6H,5H2,1H3,(H,14,15)(H,16,17,18). The molecule has 0 saturated carbocycles. The van der Waals surface area contributed by atoms with Crippen LogP contribution in [0.3, 0.4) is 0 Å². The monoisotopic (exact) mass is 305 g/mol. The van der Waals surface area contributed by atoms with E-state index in [9.17, 15) is 4.79 Å². The van der Waals surface area contributed by atoms with E-state index in [1.165, 1.54) is 28.7 Å². The maximum absolute atomic E-state index is 11.7. The SMILES string of the molecule is Cc1ccc2nc(SCC(=O)Nc3nncs3)[nH]c2c1. The largest absolute Gasteiger partial charge is 0.333 e. The second-order valence-electron chi connectivity index (χ2n) is 4.14. The van der Waals surface area contributed by atoms with Gasteiger partial charge in [-0.3, -0.25) is 10.1 Å². The Morgan fingerprint density at radius 2 is 2.40 bits per heavy atom. The van der Waals surface area contributed by atoms with Crippen molar-refractivity contribution in [2.45, 2.75) is 12.1 Å². The van der Waals surface area contributed by atoms with E-state index in [1.807, 2.05) is 25.1 Å². The Balaban J connectivity index is 1.63. The summed E-state index contributed by atoms with van der Waals surface area (Å²) in [5.74, 6) is 0.154. The van der Waals surface area contributed by atoms with Gasteiger partial charge in [0, 0.05) is 0 Å². The van der Waals surface area contributed by atoms with Gasteiger partial charge in [-0.15, -0.1) is 10.2 Å². The number of carbonyl (C=O) groups excluding carboxylic acids is 1. The Kier molecular flexibility index (Phi) is 3.66. The second-order valence-corrected chi connectivity index (χ2v) is 5.94. The van der Waals surface area contributed by atoms with E-state index in [1.54, 1.807) is 5.51 Å². The highest BCUT2D eigenvalue weighted by Gasteiger charge is 2.08. The highest BCUT2D eigenvalue weighted by Crippen LogP contribution is 2.20. The van der Waals surface area contributed by atoms with Crippen LogP contribution in [-0.4, -0.2) is 31.8 Å². The van der Waals surface area contributed by atoms with E-state index in [-0.39, 0.29) is 11.7 Å². The van der Waals surface area contributed by atoms with Crippen LogP contribution in [0.5, 0.6) is 0 Å². The molecule has 20 heavy (non-hydrogen) atoms. The molecule has 2 heterocycles. The lowest BCUT2D eigenvalue weighted by atomic mass is 10.2. The number of benzene rings is 1. The summed E-state index contributed by atoms with van der Waals surface area (Å²) in [5, 5.41) is 11.3. The number of hydrogen-bond acceptors (Lipinski definition) is 6. The minimum absolute atomic E-state index is 0.122. The zero-order chi connectivity index (χ0) is 13.9. The number of aromatic amines is 1. The predicted molar refractivity (Wildman–Crippen MR) is 80.1 cm³/mol. The normalized spacial score (nSPS) is 10.8. The van der Waals surface area contributed by atoms with Crippen molar-refractivity contribution >= 4 is 45.2 Å². The molecule has 2 aromatic heterocycles. The van der Waals surface area contributed by atoms with Gasteiger partial charge in [0.2, 0.25) is 11.0 Å². The minimum Gasteiger partial charge on any atom is -0.333 e. The molecule has 102 valence electrons. The van der Waals surface area contributed by atoms with Crippen molar-refractivity contribution in [2.24, 2.45) is 0 Å². The molecular formula is C12H11N5OS2. The lowest BCUT2D eigenvalue weighted by molar-refractivity contribution is -0.113. The van der Waals surface area contributed by atoms with E-state index in [0.29, 0.717) is 5.13 Å². The Hall–Kier alpha value is -1.93. The number of amides is 1. The zero-order valence-electron chi connectivity index (χ0n) is 10.6. The highest BCUT2D eigenvalue weighted by atomic mass is 32.2. The maximum atomic E-state index is 11.7. The summed E-state index contributed by atoms with van der Waals surface area (Å²) in [5.41, 5.74) is 4.64. The lowest BCUT2D eigenvalue weighted by Gasteiger charge is -1.98. The summed E-state index contributed by atoms with van der Waals surface area (Å²) in [6.07, 6.45) is 0. The number of aryl methyl sites for hydroxylation is 1. The number of nitrogens with one attached hydrogen (secondary N) is 2. The van der Waals surface area contributed by atoms with E-state index in [2.05, 4.69) is 25.5 Å². The number of rotatable bonds is 4. The van der Waals surface area contributed by atoms with Crippen molar-refractivity contribution < 1.29 is 4.79 Å². The number of imidazole rings is 1. The third-order valence-electron chi connectivity index (χ3n) is 2.56. The van der Waals surface area contributed by atoms with Crippen LogP contribution in [0.2, 0.25) is 0 Å². The van der Waals surface area contributed by atoms with Gasteiger partial charge in [-0.05, 0) is 24.6 Å². The van der Waals surface area contributed by atoms with Gasteiger partial charge >= 0.3 is 0 Å². The van der Waals surface area contributed by atoms with Crippen LogP contribution >= 0.6 is 23.1 Å². The maximum Gasteiger partial charge on any atom is 0.236 e. The molecule has 0 spiro atoms. The molecule has 6 nitrogen and oxygen atoms in total. The predicted octanol–water partition coefficient (Wildman–Crippen LogP) is 2.45. The molecule has 0 bridgehead atoms. The van der Waals surface area contributed by atoms with E-state index in [0.717, 1.165) is 16.2 Å². The molecule has 0 aliphatic heterocycles. The fraction of sp³-hybridized carbons (Fsp3) is 0.167. The van der Waals surface area contributed by atoms with Crippen LogP contribution in [0.1, 0.15) is 5.56 Å². The molecule has 0 radical (unpaired) electrons. The molecule has 0 aliphatic carbocycles. The van der Waals surface area contributed by atoms with E-state index in [4.69, 9.17) is 0 Å². The van der Waals surface area contributed by atoms with Crippen molar-refractivity contribution in [3.05, 3.63) is 29.3 Å². The Bertz CT molecular complexity index is 737. The molecule has 3 rings (SSSR count). The number of aromatic nitrogens is 4. The highest BCUT2D eigenvalue weighted by molar-refractivity contribution is 7.99. The smallest absolute Gasteiger partial charge is 0.236 e. The molecule has 8 heteroatoms. The molecule has 3 aromatic rings. The Labute approximate surface area is 123 Å². The lowest BCUT2D eigenvalue weighted by Crippen LogP contribution is -2.13. The van der Waals surface area contributed by atoms with E-state index >= 15 is 0 Å². The van der Waals surface area contributed by atoms with Gasteiger partial charge < -0.3 is 4.98 Å². The molecule has 0 atom stereocenters. The first-order valence-corrected chi connectivity index (χ1v) is 7.72. The number of thioether (sulfide) groups is 1. The molecule has 0 fully saturated rings. The second kappa shape index (κ2) is 5.59. The quantitative estimate of drug-likeness (QED) is 0.723. The first kappa shape index (κ1) is 13.1. The van der Waals surface area contributed by atoms with Gasteiger partial charge in [0.25, 0.3) is 0 Å². The van der Waals surface area contributed by atoms with Crippen molar-refractivity contribution in [2.75, 3.05) is 11.1 Å². The van der Waals surface area contributed by atoms with Gasteiger partial charge in [-0.25, -0.2) is 4.98 Å².